The summed E-state index contributed by atoms with van der Waals surface area (Å²) < 4.78 is 28.5. The molecule has 2 saturated heterocycles. The smallest absolute Gasteiger partial charge is 0.336 e. The number of carbonyl (C=O) groups is 2. The van der Waals surface area contributed by atoms with Crippen LogP contribution in [0.3, 0.4) is 0 Å². The summed E-state index contributed by atoms with van der Waals surface area (Å²) in [5, 5.41) is 57.5. The van der Waals surface area contributed by atoms with Gasteiger partial charge in [-0.15, -0.1) is 0 Å². The average molecular weight is 583 g/mol. The van der Waals surface area contributed by atoms with E-state index in [1.165, 1.54) is 19.1 Å². The molecule has 0 bridgehead atoms. The maximum absolute atomic E-state index is 12.1. The fourth-order valence-electron chi connectivity index (χ4n) is 4.98. The summed E-state index contributed by atoms with van der Waals surface area (Å²) >= 11 is 0. The maximum atomic E-state index is 12.1. The van der Waals surface area contributed by atoms with Crippen LogP contribution in [0.5, 0.6) is 5.75 Å². The molecule has 0 aliphatic carbocycles. The van der Waals surface area contributed by atoms with Crippen molar-refractivity contribution in [2.75, 3.05) is 13.2 Å². The second-order valence-electron chi connectivity index (χ2n) is 10.0. The lowest BCUT2D eigenvalue weighted by Gasteiger charge is -2.48. The molecule has 2 amide bonds. The largest absolute Gasteiger partial charge is 0.462 e. The molecule has 1 aromatic carbocycles. The van der Waals surface area contributed by atoms with Crippen LogP contribution in [0.15, 0.2) is 33.5 Å². The number of aliphatic hydroxyl groups excluding tert-OH is 5. The van der Waals surface area contributed by atoms with Gasteiger partial charge in [0.25, 0.3) is 0 Å². The van der Waals surface area contributed by atoms with E-state index in [9.17, 15) is 39.9 Å². The van der Waals surface area contributed by atoms with Gasteiger partial charge in [-0.05, 0) is 24.6 Å². The summed E-state index contributed by atoms with van der Waals surface area (Å²) in [5.41, 5.74) is 0.362. The molecule has 7 N–H and O–H groups in total. The number of hydrogen-bond acceptors (Lipinski definition) is 13. The normalized spacial score (nSPS) is 33.8. The summed E-state index contributed by atoms with van der Waals surface area (Å²) in [6.45, 7) is 2.71. The number of fused-ring (bicyclic) bond motifs is 1. The van der Waals surface area contributed by atoms with Crippen LogP contribution in [0, 0.1) is 6.92 Å². The van der Waals surface area contributed by atoms with E-state index in [1.54, 1.807) is 19.1 Å². The summed E-state index contributed by atoms with van der Waals surface area (Å²) in [7, 11) is 0. The van der Waals surface area contributed by atoms with Gasteiger partial charge in [-0.2, -0.15) is 0 Å². The monoisotopic (exact) mass is 582 g/mol. The Morgan fingerprint density at radius 1 is 0.878 bits per heavy atom. The zero-order valence-electron chi connectivity index (χ0n) is 22.5. The predicted octanol–water partition coefficient (Wildman–Crippen LogP) is -2.61. The van der Waals surface area contributed by atoms with Crippen LogP contribution in [0.25, 0.3) is 11.0 Å². The first kappa shape index (κ1) is 30.8. The molecular weight excluding hydrogens is 548 g/mol. The molecular formula is C26H34N2O13. The highest BCUT2D eigenvalue weighted by Crippen LogP contribution is 2.31. The predicted molar refractivity (Wildman–Crippen MR) is 137 cm³/mol. The standard InChI is InChI=1S/C26H34N2O13/c1-10-6-18(33)38-15-7-13(4-5-14(10)15)37-25-20(28-12(3)32)23(36)24(17(9-30)40-25)41-26-19(27-11(2)31)22(35)21(34)16(8-29)39-26/h4-7,16-17,19-26,29-30,34-36H,8-9H2,1-3H3,(H,27,31)(H,28,32)/t16-,17+,19-,20-,21-,22+,23+,24-,25-,26+/m1/s1. The molecule has 0 spiro atoms. The van der Waals surface area contributed by atoms with Crippen molar-refractivity contribution in [3.05, 3.63) is 40.2 Å². The molecule has 1 aromatic heterocycles. The van der Waals surface area contributed by atoms with E-state index in [-0.39, 0.29) is 11.3 Å². The van der Waals surface area contributed by atoms with Gasteiger partial charge < -0.3 is 59.5 Å². The minimum atomic E-state index is -1.62. The fourth-order valence-corrected chi connectivity index (χ4v) is 4.98. The van der Waals surface area contributed by atoms with Crippen LogP contribution in [0.4, 0.5) is 0 Å². The molecule has 0 radical (unpaired) electrons. The lowest BCUT2D eigenvalue weighted by molar-refractivity contribution is -0.325. The maximum Gasteiger partial charge on any atom is 0.336 e. The van der Waals surface area contributed by atoms with E-state index < -0.39 is 91.9 Å². The SMILES string of the molecule is CC(=O)N[C@H]1[C@H](O[C@H]2[C@@H](O)[C@@H](NC(C)=O)[C@H](Oc3ccc4c(C)cc(=O)oc4c3)O[C@H]2CO)O[C@H](CO)[C@@H](O)[C@H]1O. The van der Waals surface area contributed by atoms with Crippen molar-refractivity contribution in [2.45, 2.75) is 82.1 Å². The zero-order chi connectivity index (χ0) is 30.0. The Morgan fingerprint density at radius 2 is 1.49 bits per heavy atom. The van der Waals surface area contributed by atoms with Crippen LogP contribution >= 0.6 is 0 Å². The van der Waals surface area contributed by atoms with E-state index >= 15 is 0 Å². The van der Waals surface area contributed by atoms with Gasteiger partial charge in [0.1, 0.15) is 60.0 Å². The van der Waals surface area contributed by atoms with Crippen molar-refractivity contribution >= 4 is 22.8 Å². The van der Waals surface area contributed by atoms with Crippen molar-refractivity contribution in [1.29, 1.82) is 0 Å². The van der Waals surface area contributed by atoms with Gasteiger partial charge in [0.15, 0.2) is 6.29 Å². The molecule has 2 aliphatic heterocycles. The summed E-state index contributed by atoms with van der Waals surface area (Å²) in [4.78, 5) is 35.7. The fraction of sp³-hybridized carbons (Fsp3) is 0.577. The molecule has 41 heavy (non-hydrogen) atoms. The van der Waals surface area contributed by atoms with E-state index in [2.05, 4.69) is 10.6 Å². The van der Waals surface area contributed by atoms with Gasteiger partial charge in [-0.1, -0.05) is 0 Å². The molecule has 226 valence electrons. The first-order chi connectivity index (χ1) is 19.4. The number of benzene rings is 1. The van der Waals surface area contributed by atoms with Gasteiger partial charge in [0.2, 0.25) is 18.1 Å². The van der Waals surface area contributed by atoms with Gasteiger partial charge in [-0.25, -0.2) is 4.79 Å². The first-order valence-corrected chi connectivity index (χ1v) is 12.9. The van der Waals surface area contributed by atoms with E-state index in [0.29, 0.717) is 10.9 Å². The highest BCUT2D eigenvalue weighted by molar-refractivity contribution is 5.81. The average Bonchev–Trinajstić information content (AvgIpc) is 2.90. The van der Waals surface area contributed by atoms with E-state index in [0.717, 1.165) is 6.92 Å². The Kier molecular flexibility index (Phi) is 9.61. The number of rotatable bonds is 8. The third-order valence-corrected chi connectivity index (χ3v) is 6.94. The number of hydrogen-bond donors (Lipinski definition) is 7. The minimum Gasteiger partial charge on any atom is -0.462 e. The lowest BCUT2D eigenvalue weighted by Crippen LogP contribution is -2.69. The number of aliphatic hydroxyl groups is 5. The number of amides is 2. The quantitative estimate of drug-likeness (QED) is 0.159. The van der Waals surface area contributed by atoms with Crippen molar-refractivity contribution in [1.82, 2.24) is 10.6 Å². The highest BCUT2D eigenvalue weighted by atomic mass is 16.7. The summed E-state index contributed by atoms with van der Waals surface area (Å²) in [5.74, 6) is -0.985. The summed E-state index contributed by atoms with van der Waals surface area (Å²) in [6.07, 6.45) is -11.7. The Bertz CT molecular complexity index is 1300. The number of carbonyl (C=O) groups excluding carboxylic acids is 2. The van der Waals surface area contributed by atoms with Gasteiger partial charge in [0.05, 0.1) is 13.2 Å². The molecule has 0 unspecified atom stereocenters. The molecule has 2 aliphatic rings. The van der Waals surface area contributed by atoms with Crippen LogP contribution in [-0.4, -0.2) is 112 Å². The van der Waals surface area contributed by atoms with Crippen LogP contribution < -0.4 is 21.0 Å². The highest BCUT2D eigenvalue weighted by Gasteiger charge is 2.52. The minimum absolute atomic E-state index is 0.166. The first-order valence-electron chi connectivity index (χ1n) is 12.9. The lowest BCUT2D eigenvalue weighted by atomic mass is 9.94. The van der Waals surface area contributed by atoms with Gasteiger partial charge >= 0.3 is 5.63 Å². The van der Waals surface area contributed by atoms with Gasteiger partial charge in [0, 0.05) is 31.4 Å². The van der Waals surface area contributed by atoms with Crippen LogP contribution in [0.2, 0.25) is 0 Å². The third kappa shape index (κ3) is 6.68. The van der Waals surface area contributed by atoms with E-state index in [1.807, 2.05) is 0 Å². The molecule has 15 heteroatoms. The van der Waals surface area contributed by atoms with Crippen molar-refractivity contribution < 1.29 is 58.5 Å². The molecule has 10 atom stereocenters. The Labute approximate surface area is 233 Å². The second kappa shape index (κ2) is 12.8. The molecule has 2 fully saturated rings. The van der Waals surface area contributed by atoms with Crippen molar-refractivity contribution in [2.24, 2.45) is 0 Å². The third-order valence-electron chi connectivity index (χ3n) is 6.94. The number of aryl methyl sites for hydroxylation is 1. The van der Waals surface area contributed by atoms with Crippen LogP contribution in [-0.2, 0) is 23.8 Å². The number of ether oxygens (including phenoxy) is 4. The zero-order valence-corrected chi connectivity index (χ0v) is 22.5. The molecule has 0 saturated carbocycles. The molecule has 3 heterocycles. The Morgan fingerprint density at radius 3 is 2.10 bits per heavy atom. The van der Waals surface area contributed by atoms with Gasteiger partial charge in [-0.3, -0.25) is 9.59 Å². The van der Waals surface area contributed by atoms with Crippen molar-refractivity contribution in [3.63, 3.8) is 0 Å². The molecule has 2 aromatic rings. The second-order valence-corrected chi connectivity index (χ2v) is 10.0. The number of nitrogens with one attached hydrogen (secondary N) is 2. The van der Waals surface area contributed by atoms with E-state index in [4.69, 9.17) is 23.4 Å². The van der Waals surface area contributed by atoms with Crippen LogP contribution in [0.1, 0.15) is 19.4 Å². The van der Waals surface area contributed by atoms with Crippen molar-refractivity contribution in [3.8, 4) is 5.75 Å². The topological polar surface area (TPSA) is 226 Å². The molecule has 4 rings (SSSR count). The summed E-state index contributed by atoms with van der Waals surface area (Å²) in [6, 6.07) is 3.41. The molecule has 15 nitrogen and oxygen atoms in total. The Balaban J connectivity index is 1.61. The Hall–Kier alpha value is -3.15.